The third-order valence-corrected chi connectivity index (χ3v) is 1.03. The first-order valence-corrected chi connectivity index (χ1v) is 3.45. The first kappa shape index (κ1) is 14.3. The molecule has 2 amide bonds. The molecule has 0 aliphatic carbocycles. The van der Waals surface area contributed by atoms with Gasteiger partial charge in [0, 0.05) is 12.4 Å². The molecule has 4 nitrogen and oxygen atoms in total. The van der Waals surface area contributed by atoms with E-state index in [0.717, 1.165) is 10.6 Å². The lowest BCUT2D eigenvalue weighted by Gasteiger charge is -2.04. The topological polar surface area (TPSA) is 58.2 Å². The zero-order valence-electron chi connectivity index (χ0n) is 7.24. The van der Waals surface area contributed by atoms with Gasteiger partial charge in [-0.1, -0.05) is 0 Å². The molecular formula is C6H4F6N2O2. The van der Waals surface area contributed by atoms with Crippen molar-refractivity contribution in [3.63, 3.8) is 0 Å². The van der Waals surface area contributed by atoms with Crippen LogP contribution in [0.3, 0.4) is 0 Å². The van der Waals surface area contributed by atoms with Crippen LogP contribution in [0.2, 0.25) is 0 Å². The Kier molecular flexibility index (Phi) is 4.33. The SMILES string of the molecule is O=C(NC=CNC(=O)C(F)(F)F)C(F)(F)F. The van der Waals surface area contributed by atoms with Crippen molar-refractivity contribution in [2.24, 2.45) is 0 Å². The van der Waals surface area contributed by atoms with E-state index in [-0.39, 0.29) is 12.4 Å². The Labute approximate surface area is 84.3 Å². The van der Waals surface area contributed by atoms with Crippen LogP contribution in [-0.4, -0.2) is 24.2 Å². The lowest BCUT2D eigenvalue weighted by Crippen LogP contribution is -2.35. The summed E-state index contributed by atoms with van der Waals surface area (Å²) in [5, 5.41) is 2.21. The summed E-state index contributed by atoms with van der Waals surface area (Å²) < 4.78 is 69.1. The molecular weight excluding hydrogens is 246 g/mol. The number of hydrogen-bond donors (Lipinski definition) is 2. The fourth-order valence-electron chi connectivity index (χ4n) is 0.398. The maximum atomic E-state index is 11.5. The van der Waals surface area contributed by atoms with E-state index in [9.17, 15) is 35.9 Å². The molecule has 2 N–H and O–H groups in total. The average Bonchev–Trinajstić information content (AvgIpc) is 2.08. The molecule has 0 heterocycles. The molecule has 0 bridgehead atoms. The van der Waals surface area contributed by atoms with Crippen molar-refractivity contribution in [1.29, 1.82) is 0 Å². The highest BCUT2D eigenvalue weighted by Crippen LogP contribution is 2.14. The van der Waals surface area contributed by atoms with Crippen molar-refractivity contribution < 1.29 is 35.9 Å². The Morgan fingerprint density at radius 3 is 1.19 bits per heavy atom. The number of alkyl halides is 6. The first-order valence-electron chi connectivity index (χ1n) is 3.45. The number of nitrogens with one attached hydrogen (secondary N) is 2. The number of rotatable bonds is 2. The van der Waals surface area contributed by atoms with E-state index in [2.05, 4.69) is 0 Å². The molecule has 0 saturated heterocycles. The normalized spacial score (nSPS) is 12.6. The molecule has 0 aromatic heterocycles. The molecule has 0 atom stereocenters. The second-order valence-corrected chi connectivity index (χ2v) is 2.28. The number of halogens is 6. The minimum atomic E-state index is -5.15. The molecule has 0 unspecified atom stereocenters. The molecule has 0 fully saturated rings. The predicted octanol–water partition coefficient (Wildman–Crippen LogP) is 0.815. The summed E-state index contributed by atoms with van der Waals surface area (Å²) >= 11 is 0. The standard InChI is InChI=1S/C6H4F6N2O2/c7-5(8,9)3(15)13-1-2-14-4(16)6(10,11)12/h1-2H,(H,13,15)(H,14,16). The largest absolute Gasteiger partial charge is 0.471 e. The Morgan fingerprint density at radius 2 is 1.00 bits per heavy atom. The summed E-state index contributed by atoms with van der Waals surface area (Å²) in [5.41, 5.74) is 0. The van der Waals surface area contributed by atoms with Crippen LogP contribution in [0.1, 0.15) is 0 Å². The Balaban J connectivity index is 4.07. The molecule has 0 radical (unpaired) electrons. The van der Waals surface area contributed by atoms with Crippen molar-refractivity contribution in [1.82, 2.24) is 10.6 Å². The Morgan fingerprint density at radius 1 is 0.750 bits per heavy atom. The summed E-state index contributed by atoms with van der Waals surface area (Å²) in [6.07, 6.45) is -9.87. The van der Waals surface area contributed by atoms with Gasteiger partial charge >= 0.3 is 24.2 Å². The second-order valence-electron chi connectivity index (χ2n) is 2.28. The van der Waals surface area contributed by atoms with Crippen LogP contribution in [0, 0.1) is 0 Å². The number of carbonyl (C=O) groups is 2. The summed E-state index contributed by atoms with van der Waals surface area (Å²) in [5.74, 6) is -4.74. The van der Waals surface area contributed by atoms with Gasteiger partial charge in [0.1, 0.15) is 0 Å². The van der Waals surface area contributed by atoms with Crippen molar-refractivity contribution in [3.8, 4) is 0 Å². The fraction of sp³-hybridized carbons (Fsp3) is 0.333. The molecule has 0 rings (SSSR count). The van der Waals surface area contributed by atoms with Gasteiger partial charge < -0.3 is 10.6 Å². The summed E-state index contributed by atoms with van der Waals surface area (Å²) in [6, 6.07) is 0. The van der Waals surface area contributed by atoms with E-state index in [1.807, 2.05) is 0 Å². The van der Waals surface area contributed by atoms with Crippen LogP contribution < -0.4 is 10.6 Å². The van der Waals surface area contributed by atoms with Crippen molar-refractivity contribution in [2.75, 3.05) is 0 Å². The van der Waals surface area contributed by atoms with Crippen molar-refractivity contribution in [3.05, 3.63) is 12.4 Å². The van der Waals surface area contributed by atoms with Gasteiger partial charge in [-0.3, -0.25) is 9.59 Å². The molecule has 0 aliphatic heterocycles. The van der Waals surface area contributed by atoms with Crippen LogP contribution in [0.15, 0.2) is 12.4 Å². The highest BCUT2D eigenvalue weighted by molar-refractivity contribution is 5.83. The molecule has 10 heteroatoms. The summed E-state index contributed by atoms with van der Waals surface area (Å²) in [4.78, 5) is 20.2. The van der Waals surface area contributed by atoms with Gasteiger partial charge in [0.05, 0.1) is 0 Å². The summed E-state index contributed by atoms with van der Waals surface area (Å²) in [6.45, 7) is 0. The van der Waals surface area contributed by atoms with E-state index in [1.165, 1.54) is 0 Å². The minimum Gasteiger partial charge on any atom is -0.323 e. The minimum absolute atomic E-state index is 0.222. The van der Waals surface area contributed by atoms with E-state index in [1.54, 1.807) is 0 Å². The molecule has 0 saturated carbocycles. The Bertz CT molecular complexity index is 275. The number of carbonyl (C=O) groups excluding carboxylic acids is 2. The molecule has 0 aromatic carbocycles. The quantitative estimate of drug-likeness (QED) is 0.712. The second kappa shape index (κ2) is 4.86. The highest BCUT2D eigenvalue weighted by atomic mass is 19.4. The fourth-order valence-corrected chi connectivity index (χ4v) is 0.398. The van der Waals surface area contributed by atoms with Crippen LogP contribution in [0.5, 0.6) is 0 Å². The van der Waals surface area contributed by atoms with Crippen LogP contribution in [0.25, 0.3) is 0 Å². The zero-order valence-corrected chi connectivity index (χ0v) is 7.24. The van der Waals surface area contributed by atoms with E-state index >= 15 is 0 Å². The lowest BCUT2D eigenvalue weighted by atomic mass is 10.5. The number of amides is 2. The van der Waals surface area contributed by atoms with Gasteiger partial charge in [-0.05, 0) is 0 Å². The van der Waals surface area contributed by atoms with Gasteiger partial charge in [-0.15, -0.1) is 0 Å². The van der Waals surface area contributed by atoms with Crippen LogP contribution >= 0.6 is 0 Å². The van der Waals surface area contributed by atoms with E-state index < -0.39 is 24.2 Å². The third-order valence-electron chi connectivity index (χ3n) is 1.03. The zero-order chi connectivity index (χ0) is 13.0. The monoisotopic (exact) mass is 250 g/mol. The van der Waals surface area contributed by atoms with Crippen LogP contribution in [-0.2, 0) is 9.59 Å². The number of hydrogen-bond acceptors (Lipinski definition) is 2. The van der Waals surface area contributed by atoms with Gasteiger partial charge in [-0.25, -0.2) is 0 Å². The molecule has 92 valence electrons. The van der Waals surface area contributed by atoms with Crippen LogP contribution in [0.4, 0.5) is 26.3 Å². The maximum Gasteiger partial charge on any atom is 0.471 e. The molecule has 0 aromatic rings. The van der Waals surface area contributed by atoms with Gasteiger partial charge in [-0.2, -0.15) is 26.3 Å². The predicted molar refractivity (Wildman–Crippen MR) is 37.5 cm³/mol. The third kappa shape index (κ3) is 5.22. The molecule has 0 aliphatic rings. The lowest BCUT2D eigenvalue weighted by molar-refractivity contribution is -0.172. The summed E-state index contributed by atoms with van der Waals surface area (Å²) in [7, 11) is 0. The smallest absolute Gasteiger partial charge is 0.323 e. The van der Waals surface area contributed by atoms with Gasteiger partial charge in [0.2, 0.25) is 0 Å². The van der Waals surface area contributed by atoms with Crippen molar-refractivity contribution in [2.45, 2.75) is 12.4 Å². The van der Waals surface area contributed by atoms with Crippen molar-refractivity contribution >= 4 is 11.8 Å². The van der Waals surface area contributed by atoms with Gasteiger partial charge in [0.15, 0.2) is 0 Å². The van der Waals surface area contributed by atoms with Gasteiger partial charge in [0.25, 0.3) is 0 Å². The Hall–Kier alpha value is -1.74. The van der Waals surface area contributed by atoms with E-state index in [0.29, 0.717) is 0 Å². The highest BCUT2D eigenvalue weighted by Gasteiger charge is 2.39. The maximum absolute atomic E-state index is 11.5. The van der Waals surface area contributed by atoms with E-state index in [4.69, 9.17) is 0 Å². The average molecular weight is 250 g/mol. The molecule has 0 spiro atoms. The first-order chi connectivity index (χ1) is 7.05. The molecule has 16 heavy (non-hydrogen) atoms.